The molecule has 0 saturated heterocycles. The molecule has 0 aromatic rings. The average molecular weight is 499 g/mol. The zero-order valence-electron chi connectivity index (χ0n) is 20.8. The van der Waals surface area contributed by atoms with Crippen LogP contribution in [-0.4, -0.2) is 61.6 Å². The van der Waals surface area contributed by atoms with E-state index in [-0.39, 0.29) is 5.92 Å². The second-order valence-electron chi connectivity index (χ2n) is 8.64. The Balaban J connectivity index is 3.58. The molecule has 8 N–H and O–H groups in total. The van der Waals surface area contributed by atoms with Crippen LogP contribution in [0.1, 0.15) is 77.6 Å². The van der Waals surface area contributed by atoms with Gasteiger partial charge in [0, 0.05) is 26.2 Å². The first-order chi connectivity index (χ1) is 16.6. The number of primary amides is 2. The molecular weight excluding hydrogens is 456 g/mol. The van der Waals surface area contributed by atoms with E-state index in [0.717, 1.165) is 70.6 Å². The SMILES string of the molecule is C[C@@H](CCCCCCNC(=O)C(N)=O)CNC(=O)C(=O)NCCCCCCCCNC(=O)C(N)=O. The smallest absolute Gasteiger partial charge is 0.309 e. The zero-order valence-corrected chi connectivity index (χ0v) is 20.8. The number of hydrogen-bond acceptors (Lipinski definition) is 6. The van der Waals surface area contributed by atoms with E-state index >= 15 is 0 Å². The Morgan fingerprint density at radius 3 is 1.29 bits per heavy atom. The lowest BCUT2D eigenvalue weighted by Gasteiger charge is -2.12. The van der Waals surface area contributed by atoms with Crippen molar-refractivity contribution in [1.82, 2.24) is 21.3 Å². The van der Waals surface area contributed by atoms with E-state index in [1.165, 1.54) is 0 Å². The Morgan fingerprint density at radius 1 is 0.514 bits per heavy atom. The van der Waals surface area contributed by atoms with Crippen molar-refractivity contribution < 1.29 is 28.8 Å². The van der Waals surface area contributed by atoms with Crippen molar-refractivity contribution in [3.05, 3.63) is 0 Å². The quantitative estimate of drug-likeness (QED) is 0.107. The zero-order chi connectivity index (χ0) is 26.5. The molecule has 0 aliphatic rings. The van der Waals surface area contributed by atoms with Crippen LogP contribution in [0, 0.1) is 5.92 Å². The highest BCUT2D eigenvalue weighted by molar-refractivity contribution is 6.35. The molecule has 0 saturated carbocycles. The van der Waals surface area contributed by atoms with Crippen LogP contribution in [0.5, 0.6) is 0 Å². The number of nitrogens with one attached hydrogen (secondary N) is 4. The third-order valence-electron chi connectivity index (χ3n) is 5.35. The molecule has 0 aromatic carbocycles. The van der Waals surface area contributed by atoms with Crippen molar-refractivity contribution in [1.29, 1.82) is 0 Å². The first-order valence-electron chi connectivity index (χ1n) is 12.4. The normalized spacial score (nSPS) is 11.2. The van der Waals surface area contributed by atoms with Crippen LogP contribution in [0.15, 0.2) is 0 Å². The number of carbonyl (C=O) groups is 6. The van der Waals surface area contributed by atoms with E-state index in [1.54, 1.807) is 0 Å². The lowest BCUT2D eigenvalue weighted by atomic mass is 10.0. The van der Waals surface area contributed by atoms with Crippen molar-refractivity contribution in [2.24, 2.45) is 17.4 Å². The van der Waals surface area contributed by atoms with E-state index in [1.807, 2.05) is 6.92 Å². The monoisotopic (exact) mass is 498 g/mol. The van der Waals surface area contributed by atoms with Crippen molar-refractivity contribution >= 4 is 35.4 Å². The maximum absolute atomic E-state index is 11.9. The molecule has 0 heterocycles. The highest BCUT2D eigenvalue weighted by Gasteiger charge is 2.13. The highest BCUT2D eigenvalue weighted by Crippen LogP contribution is 2.09. The summed E-state index contributed by atoms with van der Waals surface area (Å²) in [5.74, 6) is -4.50. The average Bonchev–Trinajstić information content (AvgIpc) is 2.82. The van der Waals surface area contributed by atoms with Crippen LogP contribution >= 0.6 is 0 Å². The number of rotatable bonds is 18. The Labute approximate surface area is 207 Å². The second kappa shape index (κ2) is 20.2. The van der Waals surface area contributed by atoms with Gasteiger partial charge in [-0.05, 0) is 31.6 Å². The highest BCUT2D eigenvalue weighted by atomic mass is 16.2. The lowest BCUT2D eigenvalue weighted by molar-refractivity contribution is -0.139. The second-order valence-corrected chi connectivity index (χ2v) is 8.64. The van der Waals surface area contributed by atoms with E-state index < -0.39 is 35.4 Å². The van der Waals surface area contributed by atoms with Gasteiger partial charge in [0.2, 0.25) is 0 Å². The van der Waals surface area contributed by atoms with Crippen molar-refractivity contribution in [3.8, 4) is 0 Å². The standard InChI is InChI=1S/C23H42N6O6/c1-17(12-8-4-7-11-14-27-21(33)19(25)31)16-29-23(35)22(34)28-15-10-6-3-2-5-9-13-26-20(32)18(24)30/h17H,2-16H2,1H3,(H2,24,30)(H2,25,31)(H,26,32)(H,27,33)(H,28,34)(H,29,35)/t17-/m0/s1. The molecular formula is C23H42N6O6. The number of unbranched alkanes of at least 4 members (excludes halogenated alkanes) is 8. The number of carbonyl (C=O) groups excluding carboxylic acids is 6. The van der Waals surface area contributed by atoms with Gasteiger partial charge in [-0.15, -0.1) is 0 Å². The van der Waals surface area contributed by atoms with Crippen molar-refractivity contribution in [3.63, 3.8) is 0 Å². The van der Waals surface area contributed by atoms with Gasteiger partial charge < -0.3 is 32.7 Å². The van der Waals surface area contributed by atoms with Crippen LogP contribution < -0.4 is 32.7 Å². The van der Waals surface area contributed by atoms with Crippen molar-refractivity contribution in [2.75, 3.05) is 26.2 Å². The van der Waals surface area contributed by atoms with Crippen LogP contribution in [0.25, 0.3) is 0 Å². The molecule has 35 heavy (non-hydrogen) atoms. The molecule has 6 amide bonds. The van der Waals surface area contributed by atoms with E-state index in [2.05, 4.69) is 21.3 Å². The third kappa shape index (κ3) is 18.9. The van der Waals surface area contributed by atoms with Crippen LogP contribution in [0.3, 0.4) is 0 Å². The third-order valence-corrected chi connectivity index (χ3v) is 5.35. The summed E-state index contributed by atoms with van der Waals surface area (Å²) in [6, 6.07) is 0. The Kier molecular flexibility index (Phi) is 18.4. The Bertz CT molecular complexity index is 700. The number of hydrogen-bond donors (Lipinski definition) is 6. The number of nitrogens with two attached hydrogens (primary N) is 2. The summed E-state index contributed by atoms with van der Waals surface area (Å²) >= 11 is 0. The fourth-order valence-electron chi connectivity index (χ4n) is 3.24. The first kappa shape index (κ1) is 31.8. The van der Waals surface area contributed by atoms with Crippen molar-refractivity contribution in [2.45, 2.75) is 77.6 Å². The minimum atomic E-state index is -0.980. The van der Waals surface area contributed by atoms with Gasteiger partial charge in [0.25, 0.3) is 0 Å². The molecule has 0 unspecified atom stereocenters. The molecule has 0 radical (unpaired) electrons. The predicted octanol–water partition coefficient (Wildman–Crippen LogP) is -0.651. The summed E-state index contributed by atoms with van der Waals surface area (Å²) < 4.78 is 0. The van der Waals surface area contributed by atoms with Crippen LogP contribution in [-0.2, 0) is 28.8 Å². The molecule has 0 spiro atoms. The van der Waals surface area contributed by atoms with Gasteiger partial charge >= 0.3 is 35.4 Å². The molecule has 0 rings (SSSR count). The fourth-order valence-corrected chi connectivity index (χ4v) is 3.24. The van der Waals surface area contributed by atoms with Gasteiger partial charge in [0.05, 0.1) is 0 Å². The minimum Gasteiger partial charge on any atom is -0.361 e. The molecule has 200 valence electrons. The molecule has 0 aliphatic heterocycles. The summed E-state index contributed by atoms with van der Waals surface area (Å²) in [6.45, 7) is 3.73. The Hall–Kier alpha value is -3.18. The summed E-state index contributed by atoms with van der Waals surface area (Å²) in [5.41, 5.74) is 9.68. The first-order valence-corrected chi connectivity index (χ1v) is 12.4. The predicted molar refractivity (Wildman–Crippen MR) is 130 cm³/mol. The Morgan fingerprint density at radius 2 is 0.857 bits per heavy atom. The van der Waals surface area contributed by atoms with Crippen LogP contribution in [0.2, 0.25) is 0 Å². The molecule has 0 aliphatic carbocycles. The maximum Gasteiger partial charge on any atom is 0.309 e. The molecule has 0 bridgehead atoms. The fraction of sp³-hybridized carbons (Fsp3) is 0.739. The summed E-state index contributed by atoms with van der Waals surface area (Å²) in [7, 11) is 0. The largest absolute Gasteiger partial charge is 0.361 e. The molecule has 1 atom stereocenters. The van der Waals surface area contributed by atoms with E-state index in [0.29, 0.717) is 26.2 Å². The van der Waals surface area contributed by atoms with Gasteiger partial charge in [-0.3, -0.25) is 28.8 Å². The maximum atomic E-state index is 11.9. The minimum absolute atomic E-state index is 0.241. The summed E-state index contributed by atoms with van der Waals surface area (Å²) in [4.78, 5) is 66.9. The van der Waals surface area contributed by atoms with E-state index in [4.69, 9.17) is 11.5 Å². The van der Waals surface area contributed by atoms with Gasteiger partial charge in [-0.1, -0.05) is 51.9 Å². The molecule has 0 fully saturated rings. The molecule has 12 heteroatoms. The summed E-state index contributed by atoms with van der Waals surface area (Å²) in [5, 5.41) is 10.2. The topological polar surface area (TPSA) is 203 Å². The summed E-state index contributed by atoms with van der Waals surface area (Å²) in [6.07, 6.45) is 9.87. The van der Waals surface area contributed by atoms with Gasteiger partial charge in [0.1, 0.15) is 0 Å². The van der Waals surface area contributed by atoms with Gasteiger partial charge in [-0.25, -0.2) is 0 Å². The number of amides is 6. The van der Waals surface area contributed by atoms with E-state index in [9.17, 15) is 28.8 Å². The van der Waals surface area contributed by atoms with Crippen LogP contribution in [0.4, 0.5) is 0 Å². The lowest BCUT2D eigenvalue weighted by Crippen LogP contribution is -2.41. The molecule has 12 nitrogen and oxygen atoms in total. The van der Waals surface area contributed by atoms with Gasteiger partial charge in [-0.2, -0.15) is 0 Å². The van der Waals surface area contributed by atoms with Gasteiger partial charge in [0.15, 0.2) is 0 Å². The molecule has 0 aromatic heterocycles.